The number of unbranched alkanes of at least 4 members (excludes halogenated alkanes) is 12. The molecule has 1 aliphatic rings. The largest absolute Gasteiger partial charge is 0.271 e. The summed E-state index contributed by atoms with van der Waals surface area (Å²) in [6.45, 7) is 4.51. The van der Waals surface area contributed by atoms with E-state index < -0.39 is 0 Å². The fraction of sp³-hybridized carbons (Fsp3) is 0.463. The average molecular weight is 588 g/mol. The Bertz CT molecular complexity index is 1630. The summed E-state index contributed by atoms with van der Waals surface area (Å²) in [6.07, 6.45) is 19.2. The second-order valence-corrected chi connectivity index (χ2v) is 13.2. The number of benzene rings is 5. The van der Waals surface area contributed by atoms with E-state index in [-0.39, 0.29) is 17.9 Å². The van der Waals surface area contributed by atoms with Crippen LogP contribution in [-0.2, 0) is 0 Å². The molecule has 0 saturated heterocycles. The second kappa shape index (κ2) is 14.1. The highest BCUT2D eigenvalue weighted by atomic mass is 16.2. The molecular formula is C41H49NO2. The average Bonchev–Trinajstić information content (AvgIpc) is 3.05. The summed E-state index contributed by atoms with van der Waals surface area (Å²) in [7, 11) is 0. The van der Waals surface area contributed by atoms with Crippen molar-refractivity contribution in [3.8, 4) is 0 Å². The fourth-order valence-corrected chi connectivity index (χ4v) is 7.85. The van der Waals surface area contributed by atoms with Gasteiger partial charge in [0.05, 0.1) is 0 Å². The van der Waals surface area contributed by atoms with Crippen LogP contribution in [0.25, 0.3) is 43.1 Å². The SMILES string of the molecule is CCCCCCCCCC(CCCCCCCCC)N1C(=O)c2ccc3c4cccc5cccc(c6ccc(c2c36)C1=O)c54. The van der Waals surface area contributed by atoms with Gasteiger partial charge >= 0.3 is 0 Å². The first-order valence-corrected chi connectivity index (χ1v) is 17.7. The van der Waals surface area contributed by atoms with Gasteiger partial charge in [0.25, 0.3) is 11.8 Å². The predicted molar refractivity (Wildman–Crippen MR) is 187 cm³/mol. The molecular weight excluding hydrogens is 538 g/mol. The predicted octanol–water partition coefficient (Wildman–Crippen LogP) is 12.0. The molecule has 0 unspecified atom stereocenters. The van der Waals surface area contributed by atoms with Crippen LogP contribution in [-0.4, -0.2) is 22.8 Å². The standard InChI is InChI=1S/C41H49NO2/c1-3-5-7-9-11-13-15-21-30(22-16-14-12-10-8-6-4-2)42-40(43)35-27-25-33-31-23-17-19-29-20-18-24-32(37(29)31)34-26-28-36(41(42)44)39(35)38(33)34/h17-20,23-28,30H,3-16,21-22H2,1-2H3. The fourth-order valence-electron chi connectivity index (χ4n) is 7.85. The first kappa shape index (κ1) is 30.6. The molecule has 6 rings (SSSR count). The lowest BCUT2D eigenvalue weighted by Crippen LogP contribution is -2.47. The molecule has 0 saturated carbocycles. The van der Waals surface area contributed by atoms with Gasteiger partial charge in [-0.25, -0.2) is 0 Å². The van der Waals surface area contributed by atoms with Gasteiger partial charge in [-0.15, -0.1) is 0 Å². The molecule has 3 heteroatoms. The Morgan fingerprint density at radius 2 is 0.909 bits per heavy atom. The summed E-state index contributed by atoms with van der Waals surface area (Å²) in [5.41, 5.74) is 1.38. The molecule has 0 aliphatic carbocycles. The van der Waals surface area contributed by atoms with Crippen molar-refractivity contribution in [3.05, 3.63) is 71.8 Å². The van der Waals surface area contributed by atoms with Crippen molar-refractivity contribution in [2.45, 2.75) is 123 Å². The Balaban J connectivity index is 1.30. The summed E-state index contributed by atoms with van der Waals surface area (Å²) in [6, 6.07) is 21.1. The summed E-state index contributed by atoms with van der Waals surface area (Å²) in [4.78, 5) is 30.4. The first-order chi connectivity index (χ1) is 21.7. The van der Waals surface area contributed by atoms with Crippen molar-refractivity contribution in [1.82, 2.24) is 4.90 Å². The Morgan fingerprint density at radius 3 is 1.39 bits per heavy atom. The van der Waals surface area contributed by atoms with Crippen LogP contribution < -0.4 is 0 Å². The highest BCUT2D eigenvalue weighted by Gasteiger charge is 2.38. The third kappa shape index (κ3) is 5.83. The number of imide groups is 1. The Morgan fingerprint density at radius 1 is 0.477 bits per heavy atom. The lowest BCUT2D eigenvalue weighted by Gasteiger charge is -2.34. The molecule has 0 bridgehead atoms. The zero-order valence-corrected chi connectivity index (χ0v) is 26.9. The van der Waals surface area contributed by atoms with E-state index in [1.165, 1.54) is 98.6 Å². The van der Waals surface area contributed by atoms with Crippen LogP contribution in [0, 0.1) is 0 Å². The van der Waals surface area contributed by atoms with E-state index in [2.05, 4.69) is 62.4 Å². The van der Waals surface area contributed by atoms with Crippen LogP contribution in [0.1, 0.15) is 137 Å². The number of carbonyl (C=O) groups excluding carboxylic acids is 2. The number of hydrogen-bond acceptors (Lipinski definition) is 2. The smallest absolute Gasteiger partial charge is 0.261 e. The molecule has 44 heavy (non-hydrogen) atoms. The van der Waals surface area contributed by atoms with Gasteiger partial charge in [0.15, 0.2) is 0 Å². The number of rotatable bonds is 17. The van der Waals surface area contributed by atoms with Gasteiger partial charge in [0.1, 0.15) is 0 Å². The van der Waals surface area contributed by atoms with Crippen molar-refractivity contribution >= 4 is 54.9 Å². The maximum Gasteiger partial charge on any atom is 0.261 e. The molecule has 1 heterocycles. The molecule has 3 nitrogen and oxygen atoms in total. The lowest BCUT2D eigenvalue weighted by molar-refractivity contribution is 0.0517. The molecule has 0 spiro atoms. The molecule has 5 aromatic carbocycles. The maximum absolute atomic E-state index is 14.3. The minimum atomic E-state index is -0.0980. The third-order valence-corrected chi connectivity index (χ3v) is 10.2. The van der Waals surface area contributed by atoms with E-state index >= 15 is 0 Å². The van der Waals surface area contributed by atoms with Gasteiger partial charge < -0.3 is 0 Å². The van der Waals surface area contributed by atoms with Gasteiger partial charge in [-0.05, 0) is 62.7 Å². The van der Waals surface area contributed by atoms with E-state index in [1.807, 2.05) is 12.1 Å². The van der Waals surface area contributed by atoms with Crippen molar-refractivity contribution in [2.75, 3.05) is 0 Å². The third-order valence-electron chi connectivity index (χ3n) is 10.2. The number of nitrogens with zero attached hydrogens (tertiary/aromatic N) is 1. The summed E-state index contributed by atoms with van der Waals surface area (Å²) < 4.78 is 0. The minimum Gasteiger partial charge on any atom is -0.271 e. The van der Waals surface area contributed by atoms with Crippen LogP contribution in [0.15, 0.2) is 60.7 Å². The molecule has 2 amide bonds. The van der Waals surface area contributed by atoms with Crippen LogP contribution in [0.2, 0.25) is 0 Å². The van der Waals surface area contributed by atoms with Crippen LogP contribution >= 0.6 is 0 Å². The summed E-state index contributed by atoms with van der Waals surface area (Å²) >= 11 is 0. The molecule has 0 N–H and O–H groups in total. The van der Waals surface area contributed by atoms with E-state index in [0.717, 1.165) is 47.2 Å². The van der Waals surface area contributed by atoms with Gasteiger partial charge in [-0.1, -0.05) is 152 Å². The second-order valence-electron chi connectivity index (χ2n) is 13.2. The monoisotopic (exact) mass is 587 g/mol. The number of fused-ring (bicyclic) bond motifs is 2. The van der Waals surface area contributed by atoms with Crippen molar-refractivity contribution in [3.63, 3.8) is 0 Å². The van der Waals surface area contributed by atoms with Crippen LogP contribution in [0.3, 0.4) is 0 Å². The number of carbonyl (C=O) groups is 2. The van der Waals surface area contributed by atoms with Crippen molar-refractivity contribution < 1.29 is 9.59 Å². The molecule has 0 atom stereocenters. The van der Waals surface area contributed by atoms with Crippen LogP contribution in [0.5, 0.6) is 0 Å². The summed E-state index contributed by atoms with van der Waals surface area (Å²) in [5, 5.41) is 9.01. The molecule has 0 fully saturated rings. The van der Waals surface area contributed by atoms with Gasteiger partial charge in [0, 0.05) is 22.6 Å². The maximum atomic E-state index is 14.3. The zero-order chi connectivity index (χ0) is 30.5. The first-order valence-electron chi connectivity index (χ1n) is 17.7. The molecule has 1 aliphatic heterocycles. The summed E-state index contributed by atoms with van der Waals surface area (Å²) in [5.74, 6) is -0.196. The molecule has 230 valence electrons. The Labute approximate surface area is 263 Å². The zero-order valence-electron chi connectivity index (χ0n) is 26.9. The van der Waals surface area contributed by atoms with Crippen LogP contribution in [0.4, 0.5) is 0 Å². The van der Waals surface area contributed by atoms with Gasteiger partial charge in [0.2, 0.25) is 0 Å². The molecule has 0 aromatic heterocycles. The van der Waals surface area contributed by atoms with Gasteiger partial charge in [-0.3, -0.25) is 14.5 Å². The van der Waals surface area contributed by atoms with E-state index in [4.69, 9.17) is 0 Å². The molecule has 0 radical (unpaired) electrons. The lowest BCUT2D eigenvalue weighted by atomic mass is 9.84. The number of hydrogen-bond donors (Lipinski definition) is 0. The minimum absolute atomic E-state index is 0.0359. The quantitative estimate of drug-likeness (QED) is 0.0469. The van der Waals surface area contributed by atoms with E-state index in [0.29, 0.717) is 11.1 Å². The molecule has 5 aromatic rings. The highest BCUT2D eigenvalue weighted by Crippen LogP contribution is 2.44. The Hall–Kier alpha value is -3.46. The normalized spacial score (nSPS) is 13.6. The van der Waals surface area contributed by atoms with Crippen molar-refractivity contribution in [1.29, 1.82) is 0 Å². The van der Waals surface area contributed by atoms with Gasteiger partial charge in [-0.2, -0.15) is 0 Å². The van der Waals surface area contributed by atoms with Crippen molar-refractivity contribution in [2.24, 2.45) is 0 Å². The topological polar surface area (TPSA) is 37.4 Å². The Kier molecular flexibility index (Phi) is 9.79. The number of amides is 2. The van der Waals surface area contributed by atoms with E-state index in [1.54, 1.807) is 4.90 Å². The van der Waals surface area contributed by atoms with E-state index in [9.17, 15) is 9.59 Å². The highest BCUT2D eigenvalue weighted by molar-refractivity contribution is 6.38.